The molecule has 1 atom stereocenters. The predicted octanol–water partition coefficient (Wildman–Crippen LogP) is 3.17. The first-order chi connectivity index (χ1) is 9.73. The van der Waals surface area contributed by atoms with Gasteiger partial charge in [0.05, 0.1) is 12.1 Å². The van der Waals surface area contributed by atoms with E-state index < -0.39 is 0 Å². The van der Waals surface area contributed by atoms with Crippen LogP contribution in [-0.2, 0) is 5.41 Å². The zero-order chi connectivity index (χ0) is 15.7. The number of hydrogen-bond acceptors (Lipinski definition) is 3. The smallest absolute Gasteiger partial charge is 0.123 e. The highest BCUT2D eigenvalue weighted by Crippen LogP contribution is 2.32. The van der Waals surface area contributed by atoms with Crippen molar-refractivity contribution in [2.45, 2.75) is 64.5 Å². The van der Waals surface area contributed by atoms with Gasteiger partial charge in [0.2, 0.25) is 0 Å². The first kappa shape index (κ1) is 16.3. The van der Waals surface area contributed by atoms with E-state index in [-0.39, 0.29) is 17.6 Å². The Kier molecular flexibility index (Phi) is 4.64. The maximum atomic E-state index is 9.67. The van der Waals surface area contributed by atoms with Crippen LogP contribution in [0.2, 0.25) is 0 Å². The highest BCUT2D eigenvalue weighted by Gasteiger charge is 2.33. The molecule has 1 aromatic carbocycles. The van der Waals surface area contributed by atoms with Gasteiger partial charge in [-0.2, -0.15) is 0 Å². The van der Waals surface area contributed by atoms with E-state index in [4.69, 9.17) is 4.74 Å². The fourth-order valence-corrected chi connectivity index (χ4v) is 2.45. The molecule has 2 rings (SSSR count). The molecule has 0 heterocycles. The van der Waals surface area contributed by atoms with Crippen LogP contribution in [0.25, 0.3) is 0 Å². The van der Waals surface area contributed by atoms with Crippen molar-refractivity contribution in [3.8, 4) is 5.75 Å². The van der Waals surface area contributed by atoms with Gasteiger partial charge in [0, 0.05) is 6.04 Å². The van der Waals surface area contributed by atoms with Crippen LogP contribution in [0, 0.1) is 6.92 Å². The van der Waals surface area contributed by atoms with Crippen LogP contribution >= 0.6 is 0 Å². The molecule has 1 unspecified atom stereocenters. The summed E-state index contributed by atoms with van der Waals surface area (Å²) in [6.45, 7) is 11.3. The van der Waals surface area contributed by atoms with Crippen LogP contribution in [0.4, 0.5) is 0 Å². The molecule has 0 amide bonds. The Bertz CT molecular complexity index is 488. The number of nitrogens with one attached hydrogen (secondary N) is 1. The Morgan fingerprint density at radius 2 is 1.90 bits per heavy atom. The Morgan fingerprint density at radius 3 is 2.43 bits per heavy atom. The van der Waals surface area contributed by atoms with Crippen molar-refractivity contribution in [1.29, 1.82) is 0 Å². The average Bonchev–Trinajstić information content (AvgIpc) is 3.20. The van der Waals surface area contributed by atoms with Gasteiger partial charge < -0.3 is 15.2 Å². The van der Waals surface area contributed by atoms with E-state index in [1.165, 1.54) is 24.0 Å². The van der Waals surface area contributed by atoms with Gasteiger partial charge in [-0.25, -0.2) is 0 Å². The first-order valence-electron chi connectivity index (χ1n) is 7.86. The van der Waals surface area contributed by atoms with Crippen molar-refractivity contribution < 1.29 is 9.84 Å². The van der Waals surface area contributed by atoms with E-state index in [1.807, 2.05) is 13.0 Å². The Hall–Kier alpha value is -1.06. The van der Waals surface area contributed by atoms with Crippen molar-refractivity contribution in [2.75, 3.05) is 13.2 Å². The summed E-state index contributed by atoms with van der Waals surface area (Å²) in [7, 11) is 0. The quantitative estimate of drug-likeness (QED) is 0.846. The van der Waals surface area contributed by atoms with Crippen LogP contribution in [0.3, 0.4) is 0 Å². The minimum atomic E-state index is -0.374. The molecule has 3 heteroatoms. The molecule has 3 nitrogen and oxygen atoms in total. The van der Waals surface area contributed by atoms with E-state index in [9.17, 15) is 5.11 Å². The Labute approximate surface area is 128 Å². The van der Waals surface area contributed by atoms with Gasteiger partial charge in [-0.3, -0.25) is 0 Å². The van der Waals surface area contributed by atoms with Crippen molar-refractivity contribution in [3.05, 3.63) is 29.3 Å². The lowest BCUT2D eigenvalue weighted by Gasteiger charge is -2.30. The maximum Gasteiger partial charge on any atom is 0.123 e. The molecule has 0 radical (unpaired) electrons. The fourth-order valence-electron chi connectivity index (χ4n) is 2.45. The van der Waals surface area contributed by atoms with Gasteiger partial charge in [0.1, 0.15) is 12.4 Å². The van der Waals surface area contributed by atoms with Gasteiger partial charge in [-0.15, -0.1) is 0 Å². The summed E-state index contributed by atoms with van der Waals surface area (Å²) in [5.74, 6) is 0.922. The van der Waals surface area contributed by atoms with Crippen LogP contribution in [0.15, 0.2) is 18.2 Å². The second-order valence-electron chi connectivity index (χ2n) is 7.68. The number of aryl methyl sites for hydroxylation is 1. The topological polar surface area (TPSA) is 41.5 Å². The van der Waals surface area contributed by atoms with Crippen molar-refractivity contribution in [1.82, 2.24) is 5.32 Å². The maximum absolute atomic E-state index is 9.67. The molecule has 118 valence electrons. The molecule has 1 aliphatic rings. The van der Waals surface area contributed by atoms with E-state index in [2.05, 4.69) is 45.1 Å². The van der Waals surface area contributed by atoms with Gasteiger partial charge in [-0.1, -0.05) is 38.5 Å². The summed E-state index contributed by atoms with van der Waals surface area (Å²) in [5.41, 5.74) is 2.13. The predicted molar refractivity (Wildman–Crippen MR) is 87.0 cm³/mol. The summed E-state index contributed by atoms with van der Waals surface area (Å²) in [4.78, 5) is 0. The summed E-state index contributed by atoms with van der Waals surface area (Å²) < 4.78 is 6.08. The van der Waals surface area contributed by atoms with Gasteiger partial charge in [0.25, 0.3) is 0 Å². The Morgan fingerprint density at radius 1 is 1.24 bits per heavy atom. The van der Waals surface area contributed by atoms with Crippen molar-refractivity contribution >= 4 is 0 Å². The van der Waals surface area contributed by atoms with Gasteiger partial charge in [0.15, 0.2) is 0 Å². The molecule has 0 aliphatic heterocycles. The number of benzene rings is 1. The average molecular weight is 291 g/mol. The minimum absolute atomic E-state index is 0.0425. The monoisotopic (exact) mass is 291 g/mol. The van der Waals surface area contributed by atoms with Crippen LogP contribution in [-0.4, -0.2) is 29.9 Å². The number of aliphatic hydroxyl groups is 1. The summed E-state index contributed by atoms with van der Waals surface area (Å²) in [6, 6.07) is 6.87. The third-order valence-electron chi connectivity index (χ3n) is 3.97. The van der Waals surface area contributed by atoms with Crippen molar-refractivity contribution in [2.24, 2.45) is 0 Å². The SMILES string of the molecule is Cc1ccc(OCC(C)(CO)NC2CC2)c(C(C)(C)C)c1. The molecule has 1 aromatic rings. The third kappa shape index (κ3) is 4.45. The highest BCUT2D eigenvalue weighted by atomic mass is 16.5. The molecule has 0 bridgehead atoms. The summed E-state index contributed by atoms with van der Waals surface area (Å²) in [5, 5.41) is 13.2. The van der Waals surface area contributed by atoms with E-state index in [0.717, 1.165) is 5.75 Å². The van der Waals surface area contributed by atoms with Crippen molar-refractivity contribution in [3.63, 3.8) is 0 Å². The molecule has 1 aliphatic carbocycles. The third-order valence-corrected chi connectivity index (χ3v) is 3.97. The van der Waals surface area contributed by atoms with Gasteiger partial charge in [-0.05, 0) is 43.7 Å². The van der Waals surface area contributed by atoms with E-state index >= 15 is 0 Å². The normalized spacial score (nSPS) is 18.4. The van der Waals surface area contributed by atoms with E-state index in [1.54, 1.807) is 0 Å². The van der Waals surface area contributed by atoms with Crippen LogP contribution in [0.5, 0.6) is 5.75 Å². The Balaban J connectivity index is 2.11. The summed E-state index contributed by atoms with van der Waals surface area (Å²) >= 11 is 0. The number of ether oxygens (including phenoxy) is 1. The molecule has 0 spiro atoms. The second-order valence-corrected chi connectivity index (χ2v) is 7.68. The number of rotatable bonds is 6. The fraction of sp³-hybridized carbons (Fsp3) is 0.667. The highest BCUT2D eigenvalue weighted by molar-refractivity contribution is 5.41. The summed E-state index contributed by atoms with van der Waals surface area (Å²) in [6.07, 6.45) is 2.40. The molecule has 21 heavy (non-hydrogen) atoms. The lowest BCUT2D eigenvalue weighted by molar-refractivity contribution is 0.113. The molecular weight excluding hydrogens is 262 g/mol. The molecule has 1 saturated carbocycles. The van der Waals surface area contributed by atoms with Crippen LogP contribution < -0.4 is 10.1 Å². The molecule has 1 fully saturated rings. The first-order valence-corrected chi connectivity index (χ1v) is 7.86. The van der Waals surface area contributed by atoms with E-state index in [0.29, 0.717) is 12.6 Å². The lowest BCUT2D eigenvalue weighted by Crippen LogP contribution is -2.51. The standard InChI is InChI=1S/C18H29NO2/c1-13-6-9-16(15(10-13)17(2,3)4)21-12-18(5,11-20)19-14-7-8-14/h6,9-10,14,19-20H,7-8,11-12H2,1-5H3. The largest absolute Gasteiger partial charge is 0.491 e. The number of aliphatic hydroxyl groups excluding tert-OH is 1. The molecular formula is C18H29NO2. The molecule has 2 N–H and O–H groups in total. The molecule has 0 aromatic heterocycles. The molecule has 0 saturated heterocycles. The lowest BCUT2D eigenvalue weighted by atomic mass is 9.85. The van der Waals surface area contributed by atoms with Crippen LogP contribution in [0.1, 0.15) is 51.7 Å². The minimum Gasteiger partial charge on any atom is -0.491 e. The zero-order valence-electron chi connectivity index (χ0n) is 14.0. The zero-order valence-corrected chi connectivity index (χ0v) is 14.0. The number of hydrogen-bond donors (Lipinski definition) is 2. The van der Waals surface area contributed by atoms with Gasteiger partial charge >= 0.3 is 0 Å². The second kappa shape index (κ2) is 5.98.